The van der Waals surface area contributed by atoms with Crippen molar-refractivity contribution in [3.8, 4) is 11.8 Å². The number of hydrogen-bond donors (Lipinski definition) is 0. The Labute approximate surface area is 202 Å². The van der Waals surface area contributed by atoms with Gasteiger partial charge in [-0.1, -0.05) is 0 Å². The van der Waals surface area contributed by atoms with Crippen molar-refractivity contribution < 1.29 is 14.3 Å². The van der Waals surface area contributed by atoms with Crippen LogP contribution in [0.25, 0.3) is 0 Å². The van der Waals surface area contributed by atoms with Crippen LogP contribution in [0.2, 0.25) is 0 Å². The zero-order chi connectivity index (χ0) is 24.6. The molecular weight excluding hydrogens is 430 g/mol. The summed E-state index contributed by atoms with van der Waals surface area (Å²) in [5, 5.41) is 9.02. The third-order valence-corrected chi connectivity index (χ3v) is 6.45. The maximum Gasteiger partial charge on any atom is 0.248 e. The molecule has 1 aliphatic carbocycles. The summed E-state index contributed by atoms with van der Waals surface area (Å²) in [5.74, 6) is 1.49. The minimum absolute atomic E-state index is 0.0284. The van der Waals surface area contributed by atoms with Crippen molar-refractivity contribution in [1.82, 2.24) is 14.9 Å². The Morgan fingerprint density at radius 3 is 2.56 bits per heavy atom. The van der Waals surface area contributed by atoms with Crippen LogP contribution in [0, 0.1) is 11.3 Å². The van der Waals surface area contributed by atoms with Crippen LogP contribution < -0.4 is 9.64 Å². The van der Waals surface area contributed by atoms with Gasteiger partial charge in [-0.25, -0.2) is 4.98 Å². The van der Waals surface area contributed by atoms with E-state index in [1.165, 1.54) is 0 Å². The molecule has 1 aliphatic rings. The van der Waals surface area contributed by atoms with Gasteiger partial charge in [-0.3, -0.25) is 9.78 Å². The van der Waals surface area contributed by atoms with Crippen molar-refractivity contribution >= 4 is 11.7 Å². The van der Waals surface area contributed by atoms with Crippen LogP contribution in [0.1, 0.15) is 58.1 Å². The Morgan fingerprint density at radius 2 is 2.00 bits per heavy atom. The number of rotatable bonds is 12. The second-order valence-electron chi connectivity index (χ2n) is 8.56. The standard InChI is InChI=1S/C26H35N5O3/c1-5-30(18-20(4)31(6-2)24-10-9-21(14-27)15-29-24)25(32)19-34-26(11-8-12-26)22-13-23(33-7-3)17-28-16-22/h9-10,13,15-17,20H,5-8,11-12,18-19H2,1-4H3. The molecule has 1 atom stereocenters. The fourth-order valence-corrected chi connectivity index (χ4v) is 4.37. The Kier molecular flexibility index (Phi) is 8.83. The van der Waals surface area contributed by atoms with Crippen LogP contribution in [0.3, 0.4) is 0 Å². The van der Waals surface area contributed by atoms with Gasteiger partial charge in [0.05, 0.1) is 24.0 Å². The van der Waals surface area contributed by atoms with E-state index in [-0.39, 0.29) is 18.6 Å². The molecule has 2 heterocycles. The number of pyridine rings is 2. The van der Waals surface area contributed by atoms with Gasteiger partial charge in [0, 0.05) is 43.6 Å². The highest BCUT2D eigenvalue weighted by molar-refractivity contribution is 5.77. The summed E-state index contributed by atoms with van der Waals surface area (Å²) in [6.07, 6.45) is 7.89. The Balaban J connectivity index is 1.63. The first kappa shape index (κ1) is 25.4. The topological polar surface area (TPSA) is 91.6 Å². The van der Waals surface area contributed by atoms with E-state index >= 15 is 0 Å². The molecule has 1 fully saturated rings. The number of aromatic nitrogens is 2. The van der Waals surface area contributed by atoms with Crippen molar-refractivity contribution in [3.05, 3.63) is 47.9 Å². The van der Waals surface area contributed by atoms with Crippen molar-refractivity contribution in [2.45, 2.75) is 58.6 Å². The number of nitrogens with zero attached hydrogens (tertiary/aromatic N) is 5. The maximum atomic E-state index is 13.1. The minimum atomic E-state index is -0.470. The Hall–Kier alpha value is -3.18. The van der Waals surface area contributed by atoms with Gasteiger partial charge in [0.1, 0.15) is 24.2 Å². The first-order valence-corrected chi connectivity index (χ1v) is 12.1. The molecule has 0 N–H and O–H groups in total. The molecule has 0 saturated heterocycles. The molecule has 2 aromatic rings. The smallest absolute Gasteiger partial charge is 0.248 e. The normalized spacial score (nSPS) is 15.0. The van der Waals surface area contributed by atoms with E-state index in [4.69, 9.17) is 14.7 Å². The van der Waals surface area contributed by atoms with E-state index in [1.54, 1.807) is 18.5 Å². The molecule has 34 heavy (non-hydrogen) atoms. The van der Waals surface area contributed by atoms with Crippen LogP contribution in [0.5, 0.6) is 5.75 Å². The number of amides is 1. The zero-order valence-electron chi connectivity index (χ0n) is 20.7. The van der Waals surface area contributed by atoms with Gasteiger partial charge in [0.25, 0.3) is 0 Å². The highest BCUT2D eigenvalue weighted by Gasteiger charge is 2.41. The van der Waals surface area contributed by atoms with E-state index in [2.05, 4.69) is 34.8 Å². The number of anilines is 1. The van der Waals surface area contributed by atoms with E-state index in [9.17, 15) is 4.79 Å². The van der Waals surface area contributed by atoms with Crippen LogP contribution in [0.4, 0.5) is 5.82 Å². The van der Waals surface area contributed by atoms with E-state index in [0.717, 1.165) is 42.9 Å². The van der Waals surface area contributed by atoms with Crippen LogP contribution >= 0.6 is 0 Å². The highest BCUT2D eigenvalue weighted by Crippen LogP contribution is 2.45. The molecule has 182 valence electrons. The fourth-order valence-electron chi connectivity index (χ4n) is 4.37. The third-order valence-electron chi connectivity index (χ3n) is 6.45. The molecule has 1 amide bonds. The van der Waals surface area contributed by atoms with Crippen molar-refractivity contribution in [3.63, 3.8) is 0 Å². The molecule has 1 unspecified atom stereocenters. The lowest BCUT2D eigenvalue weighted by Gasteiger charge is -2.42. The summed E-state index contributed by atoms with van der Waals surface area (Å²) in [4.78, 5) is 25.8. The van der Waals surface area contributed by atoms with Gasteiger partial charge in [-0.15, -0.1) is 0 Å². The summed E-state index contributed by atoms with van der Waals surface area (Å²) in [6, 6.07) is 7.74. The molecule has 2 aromatic heterocycles. The first-order valence-electron chi connectivity index (χ1n) is 12.1. The summed E-state index contributed by atoms with van der Waals surface area (Å²) in [5.41, 5.74) is 1.03. The maximum absolute atomic E-state index is 13.1. The number of carbonyl (C=O) groups excluding carboxylic acids is 1. The van der Waals surface area contributed by atoms with Crippen LogP contribution in [0.15, 0.2) is 36.8 Å². The quantitative estimate of drug-likeness (QED) is 0.469. The molecule has 3 rings (SSSR count). The van der Waals surface area contributed by atoms with Gasteiger partial charge in [-0.05, 0) is 65.2 Å². The summed E-state index contributed by atoms with van der Waals surface area (Å²) in [6.45, 7) is 10.6. The van der Waals surface area contributed by atoms with E-state index in [1.807, 2.05) is 37.1 Å². The van der Waals surface area contributed by atoms with Crippen molar-refractivity contribution in [2.75, 3.05) is 37.7 Å². The zero-order valence-corrected chi connectivity index (χ0v) is 20.7. The highest BCUT2D eigenvalue weighted by atomic mass is 16.5. The number of carbonyl (C=O) groups is 1. The van der Waals surface area contributed by atoms with E-state index < -0.39 is 5.60 Å². The lowest BCUT2D eigenvalue weighted by atomic mass is 9.75. The van der Waals surface area contributed by atoms with Gasteiger partial charge in [0.15, 0.2) is 0 Å². The average molecular weight is 466 g/mol. The average Bonchev–Trinajstić information content (AvgIpc) is 2.83. The monoisotopic (exact) mass is 465 g/mol. The first-order chi connectivity index (χ1) is 16.5. The van der Waals surface area contributed by atoms with Gasteiger partial charge >= 0.3 is 0 Å². The number of ether oxygens (including phenoxy) is 2. The molecule has 0 bridgehead atoms. The minimum Gasteiger partial charge on any atom is -0.492 e. The Morgan fingerprint density at radius 1 is 1.21 bits per heavy atom. The Bertz CT molecular complexity index is 985. The van der Waals surface area contributed by atoms with Crippen molar-refractivity contribution in [2.24, 2.45) is 0 Å². The molecule has 8 heteroatoms. The van der Waals surface area contributed by atoms with E-state index in [0.29, 0.717) is 25.3 Å². The van der Waals surface area contributed by atoms with Crippen molar-refractivity contribution in [1.29, 1.82) is 5.26 Å². The molecule has 0 radical (unpaired) electrons. The molecule has 0 spiro atoms. The molecular formula is C26H35N5O3. The number of likely N-dealkylation sites (N-methyl/N-ethyl adjacent to an activating group) is 2. The summed E-state index contributed by atoms with van der Waals surface area (Å²) in [7, 11) is 0. The van der Waals surface area contributed by atoms with Gasteiger partial charge in [0.2, 0.25) is 5.91 Å². The van der Waals surface area contributed by atoms with Crippen LogP contribution in [-0.4, -0.2) is 59.7 Å². The predicted molar refractivity (Wildman–Crippen MR) is 131 cm³/mol. The SMILES string of the molecule is CCOc1cncc(C2(OCC(=O)N(CC)CC(C)N(CC)c3ccc(C#N)cn3)CCC2)c1. The molecule has 0 aliphatic heterocycles. The third kappa shape index (κ3) is 5.84. The number of nitriles is 1. The molecule has 0 aromatic carbocycles. The summed E-state index contributed by atoms with van der Waals surface area (Å²) >= 11 is 0. The van der Waals surface area contributed by atoms with Gasteiger partial charge < -0.3 is 19.3 Å². The second-order valence-corrected chi connectivity index (χ2v) is 8.56. The molecule has 8 nitrogen and oxygen atoms in total. The lowest BCUT2D eigenvalue weighted by molar-refractivity contribution is -0.153. The lowest BCUT2D eigenvalue weighted by Crippen LogP contribution is -2.47. The number of hydrogen-bond acceptors (Lipinski definition) is 7. The van der Waals surface area contributed by atoms with Crippen LogP contribution in [-0.2, 0) is 15.1 Å². The molecule has 1 saturated carbocycles. The largest absolute Gasteiger partial charge is 0.492 e. The fraction of sp³-hybridized carbons (Fsp3) is 0.538. The van der Waals surface area contributed by atoms with Gasteiger partial charge in [-0.2, -0.15) is 5.26 Å². The second kappa shape index (κ2) is 11.8. The predicted octanol–water partition coefficient (Wildman–Crippen LogP) is 3.91. The summed E-state index contributed by atoms with van der Waals surface area (Å²) < 4.78 is 11.9.